The van der Waals surface area contributed by atoms with Crippen LogP contribution >= 0.6 is 0 Å². The maximum atomic E-state index is 12.7. The number of likely N-dealkylation sites (tertiary alicyclic amines) is 1. The van der Waals surface area contributed by atoms with Crippen molar-refractivity contribution in [3.05, 3.63) is 35.9 Å². The van der Waals surface area contributed by atoms with Crippen LogP contribution in [0.25, 0.3) is 0 Å². The van der Waals surface area contributed by atoms with Gasteiger partial charge in [-0.3, -0.25) is 9.69 Å². The van der Waals surface area contributed by atoms with Gasteiger partial charge in [-0.25, -0.2) is 4.79 Å². The Kier molecular flexibility index (Phi) is 7.87. The molecule has 1 fully saturated rings. The Labute approximate surface area is 168 Å². The largest absolute Gasteiger partial charge is 0.459 e. The van der Waals surface area contributed by atoms with Crippen LogP contribution < -0.4 is 0 Å². The molecule has 1 amide bonds. The van der Waals surface area contributed by atoms with Gasteiger partial charge in [-0.1, -0.05) is 43.7 Å². The second kappa shape index (κ2) is 9.92. The maximum absolute atomic E-state index is 12.7. The third-order valence-corrected chi connectivity index (χ3v) is 4.90. The molecule has 0 spiro atoms. The highest BCUT2D eigenvalue weighted by molar-refractivity contribution is 5.77. The minimum absolute atomic E-state index is 0.0716. The van der Waals surface area contributed by atoms with Crippen molar-refractivity contribution in [2.24, 2.45) is 0 Å². The summed E-state index contributed by atoms with van der Waals surface area (Å²) in [5.74, 6) is -0.211. The molecule has 1 aliphatic heterocycles. The molecule has 2 unspecified atom stereocenters. The molecule has 28 heavy (non-hydrogen) atoms. The maximum Gasteiger partial charge on any atom is 0.410 e. The van der Waals surface area contributed by atoms with Crippen molar-refractivity contribution < 1.29 is 19.1 Å². The summed E-state index contributed by atoms with van der Waals surface area (Å²) >= 11 is 0. The van der Waals surface area contributed by atoms with E-state index in [0.29, 0.717) is 13.0 Å². The first-order valence-electron chi connectivity index (χ1n) is 10.1. The number of hydrogen-bond acceptors (Lipinski definition) is 5. The lowest BCUT2D eigenvalue weighted by Crippen LogP contribution is -2.41. The van der Waals surface area contributed by atoms with E-state index in [1.54, 1.807) is 11.9 Å². The van der Waals surface area contributed by atoms with Crippen LogP contribution in [0.5, 0.6) is 0 Å². The minimum Gasteiger partial charge on any atom is -0.459 e. The Morgan fingerprint density at radius 3 is 2.50 bits per heavy atom. The summed E-state index contributed by atoms with van der Waals surface area (Å²) in [4.78, 5) is 28.9. The highest BCUT2D eigenvalue weighted by Gasteiger charge is 2.41. The SMILES string of the molecule is CCCCN1CC(N(C)C(=O)OCc2ccccc2)CC1C(=O)OC(C)(C)C. The summed E-state index contributed by atoms with van der Waals surface area (Å²) in [6.07, 6.45) is 2.26. The molecule has 0 radical (unpaired) electrons. The monoisotopic (exact) mass is 390 g/mol. The molecule has 1 aromatic rings. The number of carbonyl (C=O) groups is 2. The molecule has 0 aliphatic carbocycles. The van der Waals surface area contributed by atoms with Gasteiger partial charge in [0.05, 0.1) is 0 Å². The third-order valence-electron chi connectivity index (χ3n) is 4.90. The van der Waals surface area contributed by atoms with E-state index in [9.17, 15) is 9.59 Å². The van der Waals surface area contributed by atoms with Crippen molar-refractivity contribution >= 4 is 12.1 Å². The number of hydrogen-bond donors (Lipinski definition) is 0. The van der Waals surface area contributed by atoms with Gasteiger partial charge in [-0.15, -0.1) is 0 Å². The molecule has 2 rings (SSSR count). The first-order chi connectivity index (χ1) is 13.2. The van der Waals surface area contributed by atoms with E-state index < -0.39 is 5.60 Å². The van der Waals surface area contributed by atoms with Crippen LogP contribution in [0.4, 0.5) is 4.79 Å². The van der Waals surface area contributed by atoms with E-state index in [0.717, 1.165) is 24.9 Å². The molecule has 6 nitrogen and oxygen atoms in total. The Bertz CT molecular complexity index is 642. The van der Waals surface area contributed by atoms with Gasteiger partial charge in [0.1, 0.15) is 18.2 Å². The standard InChI is InChI=1S/C22H34N2O4/c1-6-7-13-24-15-18(14-19(24)20(25)28-22(2,3)4)23(5)21(26)27-16-17-11-9-8-10-12-17/h8-12,18-19H,6-7,13-16H2,1-5H3. The lowest BCUT2D eigenvalue weighted by Gasteiger charge is -2.27. The Morgan fingerprint density at radius 2 is 1.89 bits per heavy atom. The van der Waals surface area contributed by atoms with Crippen LogP contribution in [-0.4, -0.2) is 59.7 Å². The topological polar surface area (TPSA) is 59.1 Å². The molecular weight excluding hydrogens is 356 g/mol. The smallest absolute Gasteiger partial charge is 0.410 e. The van der Waals surface area contributed by atoms with Crippen molar-refractivity contribution in [3.63, 3.8) is 0 Å². The minimum atomic E-state index is -0.522. The summed E-state index contributed by atoms with van der Waals surface area (Å²) < 4.78 is 11.1. The zero-order valence-corrected chi connectivity index (χ0v) is 17.8. The summed E-state index contributed by atoms with van der Waals surface area (Å²) in [7, 11) is 1.74. The molecule has 0 N–H and O–H groups in total. The average Bonchev–Trinajstić information content (AvgIpc) is 3.07. The molecule has 1 saturated heterocycles. The zero-order valence-electron chi connectivity index (χ0n) is 17.8. The van der Waals surface area contributed by atoms with Crippen LogP contribution in [0, 0.1) is 0 Å². The van der Waals surface area contributed by atoms with E-state index in [1.807, 2.05) is 51.1 Å². The molecule has 0 bridgehead atoms. The second-order valence-electron chi connectivity index (χ2n) is 8.44. The van der Waals surface area contributed by atoms with Crippen LogP contribution in [-0.2, 0) is 20.9 Å². The molecule has 6 heteroatoms. The van der Waals surface area contributed by atoms with E-state index in [-0.39, 0.29) is 30.8 Å². The third kappa shape index (κ3) is 6.51. The number of ether oxygens (including phenoxy) is 2. The average molecular weight is 391 g/mol. The normalized spacial score (nSPS) is 20.0. The molecule has 1 aromatic carbocycles. The molecule has 0 aromatic heterocycles. The van der Waals surface area contributed by atoms with Gasteiger partial charge in [0.2, 0.25) is 0 Å². The van der Waals surface area contributed by atoms with Gasteiger partial charge < -0.3 is 14.4 Å². The number of esters is 1. The highest BCUT2D eigenvalue weighted by atomic mass is 16.6. The van der Waals surface area contributed by atoms with E-state index in [4.69, 9.17) is 9.47 Å². The van der Waals surface area contributed by atoms with Gasteiger partial charge in [-0.2, -0.15) is 0 Å². The molecule has 1 heterocycles. The van der Waals surface area contributed by atoms with E-state index in [2.05, 4.69) is 11.8 Å². The van der Waals surface area contributed by atoms with Gasteiger partial charge >= 0.3 is 12.1 Å². The number of unbranched alkanes of at least 4 members (excludes halogenated alkanes) is 1. The van der Waals surface area contributed by atoms with Crippen LogP contribution in [0.1, 0.15) is 52.5 Å². The van der Waals surface area contributed by atoms with Gasteiger partial charge in [0.25, 0.3) is 0 Å². The predicted molar refractivity (Wildman–Crippen MR) is 109 cm³/mol. The van der Waals surface area contributed by atoms with Crippen molar-refractivity contribution in [2.75, 3.05) is 20.1 Å². The lowest BCUT2D eigenvalue weighted by molar-refractivity contribution is -0.160. The summed E-state index contributed by atoms with van der Waals surface area (Å²) in [5.41, 5.74) is 0.429. The summed E-state index contributed by atoms with van der Waals surface area (Å²) in [5, 5.41) is 0. The Hall–Kier alpha value is -2.08. The van der Waals surface area contributed by atoms with Crippen LogP contribution in [0.2, 0.25) is 0 Å². The zero-order chi connectivity index (χ0) is 20.7. The number of amides is 1. The quantitative estimate of drug-likeness (QED) is 0.662. The molecular formula is C22H34N2O4. The Morgan fingerprint density at radius 1 is 1.21 bits per heavy atom. The van der Waals surface area contributed by atoms with Crippen molar-refractivity contribution in [2.45, 2.75) is 71.2 Å². The first kappa shape index (κ1) is 22.2. The fourth-order valence-corrected chi connectivity index (χ4v) is 3.35. The van der Waals surface area contributed by atoms with Gasteiger partial charge in [0.15, 0.2) is 0 Å². The van der Waals surface area contributed by atoms with E-state index in [1.165, 1.54) is 0 Å². The lowest BCUT2D eigenvalue weighted by atomic mass is 10.1. The van der Waals surface area contributed by atoms with Gasteiger partial charge in [0, 0.05) is 19.6 Å². The van der Waals surface area contributed by atoms with Crippen molar-refractivity contribution in [1.29, 1.82) is 0 Å². The van der Waals surface area contributed by atoms with Crippen LogP contribution in [0.3, 0.4) is 0 Å². The Balaban J connectivity index is 1.97. The summed E-state index contributed by atoms with van der Waals surface area (Å²) in [6, 6.07) is 9.22. The molecule has 156 valence electrons. The first-order valence-corrected chi connectivity index (χ1v) is 10.1. The second-order valence-corrected chi connectivity index (χ2v) is 8.44. The van der Waals surface area contributed by atoms with Crippen molar-refractivity contribution in [3.8, 4) is 0 Å². The number of carbonyl (C=O) groups excluding carboxylic acids is 2. The highest BCUT2D eigenvalue weighted by Crippen LogP contribution is 2.25. The predicted octanol–water partition coefficient (Wildman–Crippen LogP) is 3.84. The summed E-state index contributed by atoms with van der Waals surface area (Å²) in [6.45, 7) is 9.47. The molecule has 0 saturated carbocycles. The van der Waals surface area contributed by atoms with E-state index >= 15 is 0 Å². The fraction of sp³-hybridized carbons (Fsp3) is 0.636. The van der Waals surface area contributed by atoms with Gasteiger partial charge in [-0.05, 0) is 45.7 Å². The number of nitrogens with zero attached hydrogens (tertiary/aromatic N) is 2. The number of likely N-dealkylation sites (N-methyl/N-ethyl adjacent to an activating group) is 1. The molecule has 2 atom stereocenters. The molecule has 1 aliphatic rings. The number of rotatable bonds is 7. The van der Waals surface area contributed by atoms with Crippen LogP contribution in [0.15, 0.2) is 30.3 Å². The number of benzene rings is 1. The van der Waals surface area contributed by atoms with Crippen molar-refractivity contribution in [1.82, 2.24) is 9.80 Å². The fourth-order valence-electron chi connectivity index (χ4n) is 3.35.